The number of aromatic nitrogens is 3. The van der Waals surface area contributed by atoms with Crippen LogP contribution in [0.2, 0.25) is 0 Å². The van der Waals surface area contributed by atoms with Crippen LogP contribution in [-0.4, -0.2) is 63.0 Å². The molecule has 1 fully saturated rings. The minimum Gasteiger partial charge on any atom is -0.444 e. The molecule has 0 atom stereocenters. The Kier molecular flexibility index (Phi) is 6.36. The van der Waals surface area contributed by atoms with Gasteiger partial charge in [-0.2, -0.15) is 0 Å². The van der Waals surface area contributed by atoms with Crippen LogP contribution in [-0.2, 0) is 11.3 Å². The molecule has 1 aromatic carbocycles. The van der Waals surface area contributed by atoms with Gasteiger partial charge in [0.25, 0.3) is 0 Å². The minimum atomic E-state index is -0.485. The number of carbonyl (C=O) groups excluding carboxylic acids is 1. The van der Waals surface area contributed by atoms with Crippen molar-refractivity contribution in [3.05, 3.63) is 42.5 Å². The average Bonchev–Trinajstić information content (AvgIpc) is 3.10. The van der Waals surface area contributed by atoms with Crippen molar-refractivity contribution in [1.82, 2.24) is 30.3 Å². The summed E-state index contributed by atoms with van der Waals surface area (Å²) < 4.78 is 7.31. The third-order valence-electron chi connectivity index (χ3n) is 4.25. The van der Waals surface area contributed by atoms with E-state index in [9.17, 15) is 4.79 Å². The number of hydrogen-bond acceptors (Lipinski definition) is 5. The lowest BCUT2D eigenvalue weighted by molar-refractivity contribution is 0.00701. The monoisotopic (exact) mass is 399 g/mol. The van der Waals surface area contributed by atoms with Gasteiger partial charge >= 0.3 is 6.09 Å². The molecule has 1 saturated heterocycles. The Balaban J connectivity index is 1.57. The number of nitrogens with one attached hydrogen (secondary N) is 2. The van der Waals surface area contributed by atoms with Gasteiger partial charge in [-0.1, -0.05) is 18.2 Å². The predicted octanol–water partition coefficient (Wildman–Crippen LogP) is 1.94. The molecule has 1 amide bonds. The number of rotatable bonds is 5. The second-order valence-corrected chi connectivity index (χ2v) is 7.87. The number of benzene rings is 1. The standard InChI is InChI=1S/C20H29N7O2/c1-5-21-18(24-15-12-26(13-15)19(28)29-20(2,3)4)22-11-17-25-23-14-27(17)16-9-7-6-8-10-16/h6-10,14-15H,5,11-13H2,1-4H3,(H2,21,22,24). The Morgan fingerprint density at radius 2 is 2.00 bits per heavy atom. The molecular weight excluding hydrogens is 370 g/mol. The summed E-state index contributed by atoms with van der Waals surface area (Å²) in [5.41, 5.74) is 0.508. The lowest BCUT2D eigenvalue weighted by Crippen LogP contribution is -2.63. The maximum atomic E-state index is 12.1. The Hall–Kier alpha value is -3.10. The van der Waals surface area contributed by atoms with Gasteiger partial charge in [0.05, 0.1) is 6.04 Å². The van der Waals surface area contributed by atoms with Crippen molar-refractivity contribution in [2.24, 2.45) is 4.99 Å². The maximum absolute atomic E-state index is 12.1. The zero-order valence-corrected chi connectivity index (χ0v) is 17.4. The molecule has 2 N–H and O–H groups in total. The van der Waals surface area contributed by atoms with Gasteiger partial charge in [0.1, 0.15) is 18.5 Å². The van der Waals surface area contributed by atoms with Gasteiger partial charge in [0, 0.05) is 25.3 Å². The molecule has 9 nitrogen and oxygen atoms in total. The fourth-order valence-corrected chi connectivity index (χ4v) is 2.88. The number of nitrogens with zero attached hydrogens (tertiary/aromatic N) is 5. The third-order valence-corrected chi connectivity index (χ3v) is 4.25. The summed E-state index contributed by atoms with van der Waals surface area (Å²) in [6.07, 6.45) is 1.40. The first kappa shape index (κ1) is 20.6. The Bertz CT molecular complexity index is 836. The summed E-state index contributed by atoms with van der Waals surface area (Å²) >= 11 is 0. The number of ether oxygens (including phenoxy) is 1. The van der Waals surface area contributed by atoms with Crippen LogP contribution in [0.3, 0.4) is 0 Å². The Labute approximate surface area is 171 Å². The van der Waals surface area contributed by atoms with Crippen molar-refractivity contribution >= 4 is 12.1 Å². The van der Waals surface area contributed by atoms with Crippen molar-refractivity contribution in [1.29, 1.82) is 0 Å². The molecule has 2 aromatic rings. The highest BCUT2D eigenvalue weighted by Gasteiger charge is 2.34. The zero-order chi connectivity index (χ0) is 20.9. The first-order chi connectivity index (χ1) is 13.9. The lowest BCUT2D eigenvalue weighted by atomic mass is 10.1. The van der Waals surface area contributed by atoms with E-state index in [1.807, 2.05) is 62.6 Å². The van der Waals surface area contributed by atoms with Crippen LogP contribution in [0.4, 0.5) is 4.79 Å². The van der Waals surface area contributed by atoms with Gasteiger partial charge in [-0.05, 0) is 39.8 Å². The average molecular weight is 399 g/mol. The summed E-state index contributed by atoms with van der Waals surface area (Å²) in [6.45, 7) is 9.89. The SMILES string of the molecule is CCNC(=NCc1nncn1-c1ccccc1)NC1CN(C(=O)OC(C)(C)C)C1. The molecule has 0 aliphatic carbocycles. The van der Waals surface area contributed by atoms with Crippen LogP contribution in [0, 0.1) is 0 Å². The van der Waals surface area contributed by atoms with E-state index in [1.165, 1.54) is 0 Å². The smallest absolute Gasteiger partial charge is 0.410 e. The number of carbonyl (C=O) groups is 1. The number of hydrogen-bond donors (Lipinski definition) is 2. The largest absolute Gasteiger partial charge is 0.444 e. The van der Waals surface area contributed by atoms with Gasteiger partial charge in [-0.25, -0.2) is 9.79 Å². The zero-order valence-electron chi connectivity index (χ0n) is 17.4. The molecule has 1 aliphatic rings. The van der Waals surface area contributed by atoms with Crippen LogP contribution in [0.5, 0.6) is 0 Å². The molecule has 1 aromatic heterocycles. The minimum absolute atomic E-state index is 0.132. The normalized spacial score (nSPS) is 15.0. The fraction of sp³-hybridized carbons (Fsp3) is 0.500. The van der Waals surface area contributed by atoms with Crippen molar-refractivity contribution in [2.45, 2.75) is 45.9 Å². The van der Waals surface area contributed by atoms with E-state index >= 15 is 0 Å². The van der Waals surface area contributed by atoms with E-state index in [4.69, 9.17) is 4.74 Å². The number of guanidine groups is 1. The molecular formula is C20H29N7O2. The molecule has 0 radical (unpaired) electrons. The molecule has 3 rings (SSSR count). The lowest BCUT2D eigenvalue weighted by Gasteiger charge is -2.40. The summed E-state index contributed by atoms with van der Waals surface area (Å²) in [5, 5.41) is 14.8. The number of aliphatic imine (C=N–C) groups is 1. The maximum Gasteiger partial charge on any atom is 0.410 e. The number of likely N-dealkylation sites (tertiary alicyclic amines) is 1. The van der Waals surface area contributed by atoms with Gasteiger partial charge in [0.2, 0.25) is 0 Å². The van der Waals surface area contributed by atoms with E-state index in [0.29, 0.717) is 25.6 Å². The van der Waals surface area contributed by atoms with Crippen molar-refractivity contribution < 1.29 is 9.53 Å². The first-order valence-corrected chi connectivity index (χ1v) is 9.83. The van der Waals surface area contributed by atoms with Crippen molar-refractivity contribution in [3.8, 4) is 5.69 Å². The van der Waals surface area contributed by atoms with Gasteiger partial charge in [-0.3, -0.25) is 4.57 Å². The number of amides is 1. The van der Waals surface area contributed by atoms with Crippen molar-refractivity contribution in [3.63, 3.8) is 0 Å². The summed E-state index contributed by atoms with van der Waals surface area (Å²) in [4.78, 5) is 18.4. The quantitative estimate of drug-likeness (QED) is 0.589. The molecule has 0 saturated carbocycles. The third kappa shape index (κ3) is 5.69. The highest BCUT2D eigenvalue weighted by molar-refractivity contribution is 5.80. The van der Waals surface area contributed by atoms with E-state index in [-0.39, 0.29) is 12.1 Å². The Morgan fingerprint density at radius 1 is 1.28 bits per heavy atom. The van der Waals surface area contributed by atoms with Gasteiger partial charge < -0.3 is 20.3 Å². The second-order valence-electron chi connectivity index (χ2n) is 7.87. The molecule has 29 heavy (non-hydrogen) atoms. The molecule has 0 unspecified atom stereocenters. The van der Waals surface area contributed by atoms with Crippen LogP contribution in [0.25, 0.3) is 5.69 Å². The highest BCUT2D eigenvalue weighted by Crippen LogP contribution is 2.15. The van der Waals surface area contributed by atoms with Crippen LogP contribution in [0.1, 0.15) is 33.5 Å². The van der Waals surface area contributed by atoms with Crippen molar-refractivity contribution in [2.75, 3.05) is 19.6 Å². The van der Waals surface area contributed by atoms with E-state index in [1.54, 1.807) is 11.2 Å². The highest BCUT2D eigenvalue weighted by atomic mass is 16.6. The molecule has 0 bridgehead atoms. The van der Waals surface area contributed by atoms with Crippen LogP contribution in [0.15, 0.2) is 41.7 Å². The summed E-state index contributed by atoms with van der Waals surface area (Å²) in [6, 6.07) is 10.0. The van der Waals surface area contributed by atoms with E-state index in [2.05, 4.69) is 25.8 Å². The molecule has 156 valence electrons. The molecule has 9 heteroatoms. The second kappa shape index (κ2) is 8.93. The Morgan fingerprint density at radius 3 is 2.66 bits per heavy atom. The molecule has 2 heterocycles. The topological polar surface area (TPSA) is 96.7 Å². The first-order valence-electron chi connectivity index (χ1n) is 9.83. The number of para-hydroxylation sites is 1. The van der Waals surface area contributed by atoms with Gasteiger partial charge in [-0.15, -0.1) is 10.2 Å². The van der Waals surface area contributed by atoms with Crippen LogP contribution < -0.4 is 10.6 Å². The van der Waals surface area contributed by atoms with Gasteiger partial charge in [0.15, 0.2) is 11.8 Å². The van der Waals surface area contributed by atoms with E-state index in [0.717, 1.165) is 18.1 Å². The fourth-order valence-electron chi connectivity index (χ4n) is 2.88. The van der Waals surface area contributed by atoms with Crippen LogP contribution >= 0.6 is 0 Å². The predicted molar refractivity (Wildman–Crippen MR) is 111 cm³/mol. The summed E-state index contributed by atoms with van der Waals surface area (Å²) in [7, 11) is 0. The molecule has 0 spiro atoms. The van der Waals surface area contributed by atoms with E-state index < -0.39 is 5.60 Å². The summed E-state index contributed by atoms with van der Waals surface area (Å²) in [5.74, 6) is 1.43. The molecule has 1 aliphatic heterocycles.